The molecule has 0 radical (unpaired) electrons. The van der Waals surface area contributed by atoms with Gasteiger partial charge in [-0.3, -0.25) is 9.48 Å². The summed E-state index contributed by atoms with van der Waals surface area (Å²) in [5.41, 5.74) is 0.0163. The molecule has 0 saturated heterocycles. The number of hydrogen-bond acceptors (Lipinski definition) is 2. The largest absolute Gasteiger partial charge is 0.322 e. The molecule has 0 atom stereocenters. The number of hydrogen-bond donors (Lipinski definition) is 1. The van der Waals surface area contributed by atoms with Crippen LogP contribution in [0.4, 0.5) is 18.9 Å². The maximum Gasteiger partial charge on any atom is 0.261 e. The summed E-state index contributed by atoms with van der Waals surface area (Å²) in [6.07, 6.45) is 4.79. The summed E-state index contributed by atoms with van der Waals surface area (Å²) in [5, 5.41) is 6.34. The fourth-order valence-corrected chi connectivity index (χ4v) is 2.20. The van der Waals surface area contributed by atoms with E-state index >= 15 is 0 Å². The lowest BCUT2D eigenvalue weighted by molar-refractivity contribution is 0.102. The fourth-order valence-electron chi connectivity index (χ4n) is 2.20. The number of aryl methyl sites for hydroxylation is 1. The predicted octanol–water partition coefficient (Wildman–Crippen LogP) is 2.88. The van der Waals surface area contributed by atoms with Crippen LogP contribution in [0.5, 0.6) is 0 Å². The summed E-state index contributed by atoms with van der Waals surface area (Å²) >= 11 is 0. The molecule has 2 aromatic heterocycles. The van der Waals surface area contributed by atoms with Gasteiger partial charge in [0.2, 0.25) is 0 Å². The number of carbonyl (C=O) groups is 1. The summed E-state index contributed by atoms with van der Waals surface area (Å²) in [5.74, 6) is -4.48. The molecular weight excluding hydrogens is 309 g/mol. The van der Waals surface area contributed by atoms with Crippen LogP contribution in [-0.4, -0.2) is 20.3 Å². The second-order valence-electron chi connectivity index (χ2n) is 4.80. The Balaban J connectivity index is 1.94. The van der Waals surface area contributed by atoms with Gasteiger partial charge in [0.15, 0.2) is 17.5 Å². The number of carbonyl (C=O) groups excluding carboxylic acids is 1. The molecule has 0 spiro atoms. The average molecular weight is 320 g/mol. The van der Waals surface area contributed by atoms with E-state index in [1.165, 1.54) is 10.9 Å². The molecule has 0 aliphatic heterocycles. The molecule has 8 heteroatoms. The van der Waals surface area contributed by atoms with Crippen LogP contribution in [0, 0.1) is 17.5 Å². The molecule has 0 saturated carbocycles. The third kappa shape index (κ3) is 2.70. The Kier molecular flexibility index (Phi) is 3.65. The molecular formula is C15H11F3N4O. The van der Waals surface area contributed by atoms with Crippen LogP contribution in [0.25, 0.3) is 5.82 Å². The van der Waals surface area contributed by atoms with Crippen molar-refractivity contribution in [3.05, 3.63) is 65.9 Å². The van der Waals surface area contributed by atoms with Crippen LogP contribution in [0.1, 0.15) is 10.4 Å². The van der Waals surface area contributed by atoms with E-state index in [1.807, 2.05) is 0 Å². The highest BCUT2D eigenvalue weighted by atomic mass is 19.2. The number of anilines is 1. The number of nitrogens with zero attached hydrogens (tertiary/aromatic N) is 3. The Bertz CT molecular complexity index is 848. The molecule has 0 unspecified atom stereocenters. The molecule has 1 N–H and O–H groups in total. The van der Waals surface area contributed by atoms with Crippen molar-refractivity contribution in [2.24, 2.45) is 7.05 Å². The molecule has 0 aliphatic carbocycles. The molecule has 23 heavy (non-hydrogen) atoms. The third-order valence-corrected chi connectivity index (χ3v) is 3.24. The number of aromatic nitrogens is 3. The monoisotopic (exact) mass is 320 g/mol. The van der Waals surface area contributed by atoms with Gasteiger partial charge in [0.1, 0.15) is 11.4 Å². The Labute approximate surface area is 129 Å². The first kappa shape index (κ1) is 14.9. The first-order valence-corrected chi connectivity index (χ1v) is 6.58. The normalized spacial score (nSPS) is 10.8. The van der Waals surface area contributed by atoms with E-state index in [0.717, 1.165) is 0 Å². The molecule has 0 bridgehead atoms. The Morgan fingerprint density at radius 3 is 2.35 bits per heavy atom. The lowest BCUT2D eigenvalue weighted by Crippen LogP contribution is -2.15. The van der Waals surface area contributed by atoms with E-state index in [0.29, 0.717) is 18.0 Å². The van der Waals surface area contributed by atoms with Gasteiger partial charge in [-0.15, -0.1) is 0 Å². The molecule has 3 rings (SSSR count). The van der Waals surface area contributed by atoms with Crippen LogP contribution in [0.15, 0.2) is 42.9 Å². The summed E-state index contributed by atoms with van der Waals surface area (Å²) < 4.78 is 42.5. The smallest absolute Gasteiger partial charge is 0.261 e. The van der Waals surface area contributed by atoms with Gasteiger partial charge >= 0.3 is 0 Å². The van der Waals surface area contributed by atoms with E-state index in [-0.39, 0.29) is 11.3 Å². The van der Waals surface area contributed by atoms with Gasteiger partial charge in [0, 0.05) is 37.3 Å². The number of halogens is 3. The number of amides is 1. The number of nitrogens with one attached hydrogen (secondary N) is 1. The lowest BCUT2D eigenvalue weighted by Gasteiger charge is -2.09. The maximum absolute atomic E-state index is 13.2. The number of benzene rings is 1. The van der Waals surface area contributed by atoms with Gasteiger partial charge in [-0.2, -0.15) is 5.10 Å². The summed E-state index contributed by atoms with van der Waals surface area (Å²) in [6.45, 7) is 0. The zero-order valence-electron chi connectivity index (χ0n) is 11.9. The van der Waals surface area contributed by atoms with E-state index in [4.69, 9.17) is 0 Å². The first-order chi connectivity index (χ1) is 11.0. The van der Waals surface area contributed by atoms with Crippen molar-refractivity contribution >= 4 is 11.6 Å². The first-order valence-electron chi connectivity index (χ1n) is 6.58. The second kappa shape index (κ2) is 5.64. The van der Waals surface area contributed by atoms with Crippen molar-refractivity contribution in [1.82, 2.24) is 14.3 Å². The molecule has 1 aromatic carbocycles. The minimum atomic E-state index is -1.59. The van der Waals surface area contributed by atoms with Crippen LogP contribution in [-0.2, 0) is 7.05 Å². The van der Waals surface area contributed by atoms with Crippen molar-refractivity contribution in [2.45, 2.75) is 0 Å². The van der Waals surface area contributed by atoms with E-state index in [9.17, 15) is 18.0 Å². The van der Waals surface area contributed by atoms with Crippen molar-refractivity contribution in [3.63, 3.8) is 0 Å². The molecule has 1 amide bonds. The average Bonchev–Trinajstić information content (AvgIpc) is 3.13. The molecule has 5 nitrogen and oxygen atoms in total. The zero-order valence-corrected chi connectivity index (χ0v) is 11.9. The van der Waals surface area contributed by atoms with Gasteiger partial charge < -0.3 is 9.88 Å². The van der Waals surface area contributed by atoms with Crippen LogP contribution in [0.3, 0.4) is 0 Å². The molecule has 0 fully saturated rings. The summed E-state index contributed by atoms with van der Waals surface area (Å²) in [7, 11) is 1.66. The van der Waals surface area contributed by atoms with Gasteiger partial charge in [-0.1, -0.05) is 0 Å². The molecule has 2 heterocycles. The van der Waals surface area contributed by atoms with Crippen molar-refractivity contribution in [1.29, 1.82) is 0 Å². The molecule has 0 aliphatic rings. The van der Waals surface area contributed by atoms with Crippen molar-refractivity contribution in [3.8, 4) is 5.82 Å². The van der Waals surface area contributed by atoms with E-state index in [2.05, 4.69) is 10.4 Å². The zero-order chi connectivity index (χ0) is 16.6. The Hall–Kier alpha value is -3.03. The van der Waals surface area contributed by atoms with E-state index in [1.54, 1.807) is 36.1 Å². The minimum absolute atomic E-state index is 0.186. The minimum Gasteiger partial charge on any atom is -0.322 e. The Morgan fingerprint density at radius 1 is 1.13 bits per heavy atom. The Morgan fingerprint density at radius 2 is 1.74 bits per heavy atom. The fraction of sp³-hybridized carbons (Fsp3) is 0.0667. The highest BCUT2D eigenvalue weighted by molar-refractivity contribution is 6.06. The van der Waals surface area contributed by atoms with Gasteiger partial charge in [0.25, 0.3) is 5.91 Å². The van der Waals surface area contributed by atoms with Crippen LogP contribution < -0.4 is 5.32 Å². The van der Waals surface area contributed by atoms with E-state index < -0.39 is 23.4 Å². The quantitative estimate of drug-likeness (QED) is 0.755. The van der Waals surface area contributed by atoms with Crippen LogP contribution in [0.2, 0.25) is 0 Å². The lowest BCUT2D eigenvalue weighted by atomic mass is 10.2. The highest BCUT2D eigenvalue weighted by Crippen LogP contribution is 2.20. The van der Waals surface area contributed by atoms with Crippen molar-refractivity contribution < 1.29 is 18.0 Å². The molecule has 118 valence electrons. The highest BCUT2D eigenvalue weighted by Gasteiger charge is 2.19. The van der Waals surface area contributed by atoms with Gasteiger partial charge in [-0.05, 0) is 12.1 Å². The standard InChI is InChI=1S/C15H11F3N4O/c1-21-15(22-4-2-3-5-22)10(8-19-21)14(23)20-9-6-11(16)13(18)12(17)7-9/h2-8H,1H3,(H,20,23). The topological polar surface area (TPSA) is 51.9 Å². The SMILES string of the molecule is Cn1ncc(C(=O)Nc2cc(F)c(F)c(F)c2)c1-n1cccc1. The van der Waals surface area contributed by atoms with Crippen molar-refractivity contribution in [2.75, 3.05) is 5.32 Å². The van der Waals surface area contributed by atoms with Gasteiger partial charge in [0.05, 0.1) is 6.20 Å². The predicted molar refractivity (Wildman–Crippen MR) is 76.8 cm³/mol. The third-order valence-electron chi connectivity index (χ3n) is 3.24. The molecule has 3 aromatic rings. The second-order valence-corrected chi connectivity index (χ2v) is 4.80. The summed E-state index contributed by atoms with van der Waals surface area (Å²) in [6, 6.07) is 4.98. The van der Waals surface area contributed by atoms with Gasteiger partial charge in [-0.25, -0.2) is 13.2 Å². The maximum atomic E-state index is 13.2. The number of rotatable bonds is 3. The summed E-state index contributed by atoms with van der Waals surface area (Å²) in [4.78, 5) is 12.3. The van der Waals surface area contributed by atoms with Crippen LogP contribution >= 0.6 is 0 Å².